The number of nitrogens with one attached hydrogen (secondary N) is 1. The maximum absolute atomic E-state index is 14.6. The molecule has 220 valence electrons. The van der Waals surface area contributed by atoms with Crippen molar-refractivity contribution in [3.63, 3.8) is 0 Å². The van der Waals surface area contributed by atoms with E-state index in [1.54, 1.807) is 15.9 Å². The highest BCUT2D eigenvalue weighted by Gasteiger charge is 2.47. The number of likely N-dealkylation sites (tertiary alicyclic amines) is 1. The zero-order valence-corrected chi connectivity index (χ0v) is 23.9. The van der Waals surface area contributed by atoms with E-state index in [0.717, 1.165) is 26.6 Å². The fourth-order valence-corrected chi connectivity index (χ4v) is 6.68. The second-order valence-electron chi connectivity index (χ2n) is 11.5. The molecule has 3 aromatic heterocycles. The van der Waals surface area contributed by atoms with Crippen LogP contribution in [0.5, 0.6) is 0 Å². The number of fused-ring (bicyclic) bond motifs is 4. The van der Waals surface area contributed by atoms with Crippen molar-refractivity contribution < 1.29 is 14.0 Å². The van der Waals surface area contributed by atoms with Gasteiger partial charge in [0.1, 0.15) is 18.1 Å². The van der Waals surface area contributed by atoms with E-state index >= 15 is 0 Å². The molecule has 0 unspecified atom stereocenters. The second kappa shape index (κ2) is 9.48. The van der Waals surface area contributed by atoms with Gasteiger partial charge in [0.15, 0.2) is 11.2 Å². The van der Waals surface area contributed by atoms with E-state index in [9.17, 15) is 23.6 Å². The van der Waals surface area contributed by atoms with Gasteiger partial charge in [-0.25, -0.2) is 14.2 Å². The third kappa shape index (κ3) is 3.94. The normalized spacial score (nSPS) is 16.0. The number of halogens is 1. The molecule has 0 bridgehead atoms. The predicted molar refractivity (Wildman–Crippen MR) is 157 cm³/mol. The van der Waals surface area contributed by atoms with Crippen molar-refractivity contribution in [3.8, 4) is 0 Å². The van der Waals surface area contributed by atoms with Gasteiger partial charge in [0.25, 0.3) is 11.5 Å². The van der Waals surface area contributed by atoms with Gasteiger partial charge in [-0.3, -0.25) is 28.6 Å². The Morgan fingerprint density at radius 2 is 1.84 bits per heavy atom. The van der Waals surface area contributed by atoms with Crippen molar-refractivity contribution in [2.45, 2.75) is 31.7 Å². The number of aryl methyl sites for hydroxylation is 2. The number of H-pyrrole nitrogens is 1. The molecule has 1 fully saturated rings. The molecular weight excluding hydrogens is 555 g/mol. The zero-order chi connectivity index (χ0) is 30.2. The van der Waals surface area contributed by atoms with Crippen LogP contribution in [0.3, 0.4) is 0 Å². The number of nitrogens with zero attached hydrogens (tertiary/aromatic N) is 7. The summed E-state index contributed by atoms with van der Waals surface area (Å²) in [4.78, 5) is 60.0. The van der Waals surface area contributed by atoms with Gasteiger partial charge >= 0.3 is 5.69 Å². The fraction of sp³-hybridized carbons (Fsp3) is 0.333. The topological polar surface area (TPSA) is 131 Å². The molecule has 13 heteroatoms. The lowest BCUT2D eigenvalue weighted by molar-refractivity contribution is -0.133. The highest BCUT2D eigenvalue weighted by Crippen LogP contribution is 2.48. The van der Waals surface area contributed by atoms with Crippen LogP contribution >= 0.6 is 0 Å². The Kier molecular flexibility index (Phi) is 5.91. The van der Waals surface area contributed by atoms with Gasteiger partial charge in [-0.15, -0.1) is 0 Å². The number of anilines is 1. The number of hydrogen-bond donors (Lipinski definition) is 1. The van der Waals surface area contributed by atoms with Crippen LogP contribution in [-0.2, 0) is 30.8 Å². The summed E-state index contributed by atoms with van der Waals surface area (Å²) >= 11 is 0. The van der Waals surface area contributed by atoms with Crippen LogP contribution in [0.2, 0.25) is 0 Å². The highest BCUT2D eigenvalue weighted by molar-refractivity contribution is 6.13. The van der Waals surface area contributed by atoms with E-state index in [0.29, 0.717) is 43.9 Å². The SMILES string of the molecule is Cc1cccc2c(C(=O)N3CC4(CCN(C(=O)Cn5cnc6c5c(=O)n(C)c(=O)n6C)CC4)c4cc(F)ccc43)[nH]nc12. The number of para-hydroxylation sites is 1. The molecule has 1 spiro atoms. The maximum atomic E-state index is 14.6. The van der Waals surface area contributed by atoms with Gasteiger partial charge in [0, 0.05) is 50.2 Å². The lowest BCUT2D eigenvalue weighted by Crippen LogP contribution is -2.48. The number of aromatic nitrogens is 6. The number of rotatable bonds is 3. The molecule has 2 aliphatic heterocycles. The summed E-state index contributed by atoms with van der Waals surface area (Å²) in [7, 11) is 2.92. The smallest absolute Gasteiger partial charge is 0.332 e. The molecule has 5 aromatic rings. The number of carbonyl (C=O) groups excluding carboxylic acids is 2. The van der Waals surface area contributed by atoms with E-state index in [1.165, 1.54) is 41.7 Å². The van der Waals surface area contributed by atoms with Crippen molar-refractivity contribution in [3.05, 3.63) is 86.2 Å². The maximum Gasteiger partial charge on any atom is 0.332 e. The first-order valence-electron chi connectivity index (χ1n) is 14.0. The molecule has 0 atom stereocenters. The first-order chi connectivity index (χ1) is 20.6. The van der Waals surface area contributed by atoms with Crippen molar-refractivity contribution in [2.24, 2.45) is 14.1 Å². The second-order valence-corrected chi connectivity index (χ2v) is 11.5. The summed E-state index contributed by atoms with van der Waals surface area (Å²) in [5.41, 5.74) is 2.36. The number of aromatic amines is 1. The van der Waals surface area contributed by atoms with Crippen LogP contribution in [0.15, 0.2) is 52.3 Å². The van der Waals surface area contributed by atoms with E-state index in [1.807, 2.05) is 25.1 Å². The molecule has 7 rings (SSSR count). The average molecular weight is 585 g/mol. The van der Waals surface area contributed by atoms with Gasteiger partial charge in [0.2, 0.25) is 5.91 Å². The lowest BCUT2D eigenvalue weighted by Gasteiger charge is -2.40. The molecule has 1 N–H and O–H groups in total. The molecule has 2 amide bonds. The van der Waals surface area contributed by atoms with Crippen molar-refractivity contribution in [1.82, 2.24) is 33.8 Å². The zero-order valence-electron chi connectivity index (χ0n) is 23.9. The minimum atomic E-state index is -0.522. The Bertz CT molecular complexity index is 2100. The van der Waals surface area contributed by atoms with Crippen molar-refractivity contribution >= 4 is 39.6 Å². The number of hydrogen-bond acceptors (Lipinski definition) is 6. The third-order valence-corrected chi connectivity index (χ3v) is 9.12. The van der Waals surface area contributed by atoms with Gasteiger partial charge in [0.05, 0.1) is 11.8 Å². The number of carbonyl (C=O) groups is 2. The Labute approximate surface area is 244 Å². The van der Waals surface area contributed by atoms with Crippen LogP contribution in [-0.4, -0.2) is 65.2 Å². The van der Waals surface area contributed by atoms with E-state index < -0.39 is 16.7 Å². The number of benzene rings is 2. The standard InChI is InChI=1S/C30H29FN8O4/c1-17-5-4-6-19-23(17)33-34-24(19)27(41)39-15-30(20-13-18(31)7-8-21(20)39)9-11-37(12-10-30)22(40)14-38-16-32-26-25(38)28(42)36(3)29(43)35(26)2/h4-8,13,16H,9-12,14-15H2,1-3H3,(H,33,34). The van der Waals surface area contributed by atoms with Crippen molar-refractivity contribution in [2.75, 3.05) is 24.5 Å². The first-order valence-corrected chi connectivity index (χ1v) is 14.0. The third-order valence-electron chi connectivity index (χ3n) is 9.12. The van der Waals surface area contributed by atoms with E-state index in [-0.39, 0.29) is 35.3 Å². The summed E-state index contributed by atoms with van der Waals surface area (Å²) in [6, 6.07) is 10.2. The molecule has 1 saturated heterocycles. The highest BCUT2D eigenvalue weighted by atomic mass is 19.1. The van der Waals surface area contributed by atoms with Gasteiger partial charge in [-0.05, 0) is 49.1 Å². The Morgan fingerprint density at radius 1 is 1.07 bits per heavy atom. The minimum absolute atomic E-state index is 0.112. The van der Waals surface area contributed by atoms with Crippen LogP contribution in [0.4, 0.5) is 10.1 Å². The fourth-order valence-electron chi connectivity index (χ4n) is 6.68. The molecule has 0 saturated carbocycles. The van der Waals surface area contributed by atoms with E-state index in [4.69, 9.17) is 0 Å². The van der Waals surface area contributed by atoms with E-state index in [2.05, 4.69) is 15.2 Å². The molecule has 12 nitrogen and oxygen atoms in total. The molecule has 43 heavy (non-hydrogen) atoms. The molecule has 2 aliphatic rings. The monoisotopic (exact) mass is 584 g/mol. The number of imidazole rings is 1. The molecule has 0 aliphatic carbocycles. The predicted octanol–water partition coefficient (Wildman–Crippen LogP) is 1.98. The van der Waals surface area contributed by atoms with Gasteiger partial charge < -0.3 is 14.4 Å². The van der Waals surface area contributed by atoms with Crippen LogP contribution in [0.1, 0.15) is 34.5 Å². The van der Waals surface area contributed by atoms with Crippen LogP contribution < -0.4 is 16.1 Å². The molecule has 2 aromatic carbocycles. The lowest BCUT2D eigenvalue weighted by atomic mass is 9.74. The molecule has 0 radical (unpaired) electrons. The first kappa shape index (κ1) is 26.8. The van der Waals surface area contributed by atoms with Crippen molar-refractivity contribution in [1.29, 1.82) is 0 Å². The van der Waals surface area contributed by atoms with Gasteiger partial charge in [-0.2, -0.15) is 5.10 Å². The number of amides is 2. The Balaban J connectivity index is 1.14. The average Bonchev–Trinajstić information content (AvgIpc) is 3.70. The molecule has 5 heterocycles. The summed E-state index contributed by atoms with van der Waals surface area (Å²) in [6.45, 7) is 2.97. The van der Waals surface area contributed by atoms with Crippen LogP contribution in [0, 0.1) is 12.7 Å². The molecular formula is C30H29FN8O4. The quantitative estimate of drug-likeness (QED) is 0.345. The summed E-state index contributed by atoms with van der Waals surface area (Å²) < 4.78 is 18.3. The van der Waals surface area contributed by atoms with Gasteiger partial charge in [-0.1, -0.05) is 18.2 Å². The Hall–Kier alpha value is -5.07. The number of piperidine rings is 1. The largest absolute Gasteiger partial charge is 0.341 e. The minimum Gasteiger partial charge on any atom is -0.341 e. The Morgan fingerprint density at radius 3 is 2.60 bits per heavy atom. The summed E-state index contributed by atoms with van der Waals surface area (Å²) in [6.07, 6.45) is 2.46. The van der Waals surface area contributed by atoms with Crippen LogP contribution in [0.25, 0.3) is 22.1 Å². The summed E-state index contributed by atoms with van der Waals surface area (Å²) in [5.74, 6) is -0.814. The summed E-state index contributed by atoms with van der Waals surface area (Å²) in [5, 5.41) is 8.01.